The lowest BCUT2D eigenvalue weighted by atomic mass is 10.2. The van der Waals surface area contributed by atoms with E-state index in [9.17, 15) is 22.8 Å². The third kappa shape index (κ3) is 6.59. The van der Waals surface area contributed by atoms with Gasteiger partial charge in [0.05, 0.1) is 10.6 Å². The molecule has 0 radical (unpaired) electrons. The fraction of sp³-hybridized carbons (Fsp3) is 0.136. The largest absolute Gasteiger partial charge is 0.457 e. The van der Waals surface area contributed by atoms with Crippen LogP contribution in [0.5, 0.6) is 11.5 Å². The van der Waals surface area contributed by atoms with Gasteiger partial charge in [0.25, 0.3) is 5.91 Å². The number of nitrogens with zero attached hydrogens (tertiary/aromatic N) is 1. The van der Waals surface area contributed by atoms with Crippen LogP contribution in [-0.2, 0) is 6.18 Å². The number of halogens is 4. The van der Waals surface area contributed by atoms with E-state index in [0.29, 0.717) is 23.7 Å². The Balaban J connectivity index is 1.61. The number of pyridine rings is 1. The van der Waals surface area contributed by atoms with Gasteiger partial charge >= 0.3 is 12.2 Å². The van der Waals surface area contributed by atoms with Gasteiger partial charge in [0.15, 0.2) is 0 Å². The number of hydrogen-bond donors (Lipinski definition) is 3. The molecule has 0 saturated heterocycles. The van der Waals surface area contributed by atoms with Crippen molar-refractivity contribution >= 4 is 34.9 Å². The number of urea groups is 1. The second-order valence-electron chi connectivity index (χ2n) is 6.63. The quantitative estimate of drug-likeness (QED) is 0.409. The molecule has 3 N–H and O–H groups in total. The zero-order valence-corrected chi connectivity index (χ0v) is 17.9. The molecule has 0 bridgehead atoms. The average molecular weight is 479 g/mol. The van der Waals surface area contributed by atoms with E-state index in [1.54, 1.807) is 37.3 Å². The maximum Gasteiger partial charge on any atom is 0.417 e. The Kier molecular flexibility index (Phi) is 7.39. The zero-order chi connectivity index (χ0) is 24.0. The van der Waals surface area contributed by atoms with Crippen LogP contribution in [0.1, 0.15) is 23.0 Å². The van der Waals surface area contributed by atoms with Crippen LogP contribution in [0.25, 0.3) is 0 Å². The van der Waals surface area contributed by atoms with E-state index >= 15 is 0 Å². The lowest BCUT2D eigenvalue weighted by molar-refractivity contribution is -0.137. The van der Waals surface area contributed by atoms with Gasteiger partial charge in [-0.05, 0) is 55.5 Å². The van der Waals surface area contributed by atoms with E-state index in [0.717, 1.165) is 12.1 Å². The van der Waals surface area contributed by atoms with Crippen molar-refractivity contribution in [3.8, 4) is 11.5 Å². The lowest BCUT2D eigenvalue weighted by Crippen LogP contribution is -2.23. The normalized spacial score (nSPS) is 10.9. The number of anilines is 2. The number of benzene rings is 2. The number of carbonyl (C=O) groups is 2. The highest BCUT2D eigenvalue weighted by Gasteiger charge is 2.33. The highest BCUT2D eigenvalue weighted by Crippen LogP contribution is 2.36. The number of alkyl halides is 3. The molecule has 0 unspecified atom stereocenters. The third-order valence-corrected chi connectivity index (χ3v) is 4.51. The van der Waals surface area contributed by atoms with Gasteiger partial charge < -0.3 is 20.7 Å². The first-order valence-corrected chi connectivity index (χ1v) is 10.0. The molecular formula is C22H18ClF3N4O3. The molecule has 0 atom stereocenters. The van der Waals surface area contributed by atoms with Crippen LogP contribution in [0, 0.1) is 0 Å². The van der Waals surface area contributed by atoms with E-state index in [-0.39, 0.29) is 17.3 Å². The second kappa shape index (κ2) is 10.2. The van der Waals surface area contributed by atoms with Gasteiger partial charge in [0.2, 0.25) is 0 Å². The predicted molar refractivity (Wildman–Crippen MR) is 118 cm³/mol. The van der Waals surface area contributed by atoms with E-state index in [2.05, 4.69) is 20.9 Å². The topological polar surface area (TPSA) is 92.4 Å². The number of hydrogen-bond acceptors (Lipinski definition) is 4. The SMILES string of the molecule is CCNC(=O)c1cc(Oc2ccc(NC(=O)Nc3ccc(Cl)c(C(F)(F)F)c3)cc2)ccn1. The number of aromatic nitrogens is 1. The lowest BCUT2D eigenvalue weighted by Gasteiger charge is -2.12. The zero-order valence-electron chi connectivity index (χ0n) is 17.2. The van der Waals surface area contributed by atoms with E-state index < -0.39 is 22.8 Å². The van der Waals surface area contributed by atoms with Gasteiger partial charge in [-0.2, -0.15) is 13.2 Å². The molecule has 172 valence electrons. The fourth-order valence-electron chi connectivity index (χ4n) is 2.71. The maximum absolute atomic E-state index is 13.0. The van der Waals surface area contributed by atoms with Gasteiger partial charge in [-0.1, -0.05) is 11.6 Å². The maximum atomic E-state index is 13.0. The molecule has 7 nitrogen and oxygen atoms in total. The van der Waals surface area contributed by atoms with Crippen LogP contribution in [0.15, 0.2) is 60.8 Å². The van der Waals surface area contributed by atoms with Gasteiger partial charge in [0, 0.05) is 30.2 Å². The van der Waals surface area contributed by atoms with Crippen molar-refractivity contribution in [1.82, 2.24) is 10.3 Å². The minimum Gasteiger partial charge on any atom is -0.457 e. The Morgan fingerprint density at radius 1 is 0.970 bits per heavy atom. The van der Waals surface area contributed by atoms with Crippen LogP contribution < -0.4 is 20.7 Å². The molecule has 0 fully saturated rings. The first kappa shape index (κ1) is 23.9. The summed E-state index contributed by atoms with van der Waals surface area (Å²) in [5.74, 6) is 0.506. The smallest absolute Gasteiger partial charge is 0.417 e. The second-order valence-corrected chi connectivity index (χ2v) is 7.04. The van der Waals surface area contributed by atoms with Crippen LogP contribution in [0.3, 0.4) is 0 Å². The highest BCUT2D eigenvalue weighted by atomic mass is 35.5. The summed E-state index contributed by atoms with van der Waals surface area (Å²) in [6, 6.07) is 11.7. The first-order valence-electron chi connectivity index (χ1n) is 9.62. The summed E-state index contributed by atoms with van der Waals surface area (Å²) < 4.78 is 44.6. The van der Waals surface area contributed by atoms with Crippen LogP contribution in [0.2, 0.25) is 5.02 Å². The molecule has 1 aromatic heterocycles. The summed E-state index contributed by atoms with van der Waals surface area (Å²) in [5.41, 5.74) is -0.525. The van der Waals surface area contributed by atoms with Crippen molar-refractivity contribution < 1.29 is 27.5 Å². The van der Waals surface area contributed by atoms with Crippen molar-refractivity contribution in [2.45, 2.75) is 13.1 Å². The Bertz CT molecular complexity index is 1150. The van der Waals surface area contributed by atoms with Crippen molar-refractivity contribution in [2.75, 3.05) is 17.2 Å². The summed E-state index contributed by atoms with van der Waals surface area (Å²) in [5, 5.41) is 7.02. The number of rotatable bonds is 6. The van der Waals surface area contributed by atoms with Gasteiger partial charge in [-0.25, -0.2) is 4.79 Å². The van der Waals surface area contributed by atoms with Crippen molar-refractivity contribution in [1.29, 1.82) is 0 Å². The molecule has 3 amide bonds. The molecule has 0 spiro atoms. The predicted octanol–water partition coefficient (Wildman–Crippen LogP) is 5.94. The van der Waals surface area contributed by atoms with Crippen LogP contribution in [0.4, 0.5) is 29.3 Å². The number of ether oxygens (including phenoxy) is 1. The van der Waals surface area contributed by atoms with Crippen LogP contribution >= 0.6 is 11.6 Å². The van der Waals surface area contributed by atoms with E-state index in [1.165, 1.54) is 18.3 Å². The number of amides is 3. The summed E-state index contributed by atoms with van der Waals surface area (Å²) in [6.07, 6.45) is -3.20. The highest BCUT2D eigenvalue weighted by molar-refractivity contribution is 6.31. The summed E-state index contributed by atoms with van der Waals surface area (Å²) >= 11 is 5.57. The first-order chi connectivity index (χ1) is 15.7. The minimum absolute atomic E-state index is 0.0650. The summed E-state index contributed by atoms with van der Waals surface area (Å²) in [7, 11) is 0. The van der Waals surface area contributed by atoms with Crippen molar-refractivity contribution in [3.63, 3.8) is 0 Å². The standard InChI is InChI=1S/C22H18ClF3N4O3/c1-2-27-20(31)19-12-16(9-10-28-19)33-15-6-3-13(4-7-15)29-21(32)30-14-5-8-18(23)17(11-14)22(24,25)26/h3-12H,2H2,1H3,(H,27,31)(H2,29,30,32). The van der Waals surface area contributed by atoms with Crippen LogP contribution in [-0.4, -0.2) is 23.5 Å². The van der Waals surface area contributed by atoms with E-state index in [1.807, 2.05) is 0 Å². The van der Waals surface area contributed by atoms with E-state index in [4.69, 9.17) is 16.3 Å². The molecule has 0 aliphatic rings. The Morgan fingerprint density at radius 3 is 2.30 bits per heavy atom. The molecule has 3 aromatic rings. The molecule has 0 aliphatic carbocycles. The number of nitrogens with one attached hydrogen (secondary N) is 3. The molecule has 11 heteroatoms. The Labute approximate surface area is 191 Å². The molecule has 0 saturated carbocycles. The molecule has 0 aliphatic heterocycles. The van der Waals surface area contributed by atoms with Gasteiger partial charge in [-0.15, -0.1) is 0 Å². The molecule has 33 heavy (non-hydrogen) atoms. The van der Waals surface area contributed by atoms with Gasteiger partial charge in [-0.3, -0.25) is 9.78 Å². The Morgan fingerprint density at radius 2 is 1.64 bits per heavy atom. The van der Waals surface area contributed by atoms with Crippen molar-refractivity contribution in [2.24, 2.45) is 0 Å². The number of carbonyl (C=O) groups excluding carboxylic acids is 2. The monoisotopic (exact) mass is 478 g/mol. The summed E-state index contributed by atoms with van der Waals surface area (Å²) in [4.78, 5) is 28.0. The molecule has 1 heterocycles. The third-order valence-electron chi connectivity index (χ3n) is 4.18. The van der Waals surface area contributed by atoms with Crippen molar-refractivity contribution in [3.05, 3.63) is 77.1 Å². The molecule has 2 aromatic carbocycles. The average Bonchev–Trinajstić information content (AvgIpc) is 2.76. The fourth-order valence-corrected chi connectivity index (χ4v) is 2.93. The van der Waals surface area contributed by atoms with Gasteiger partial charge in [0.1, 0.15) is 17.2 Å². The Hall–Kier alpha value is -3.79. The molecular weight excluding hydrogens is 461 g/mol. The summed E-state index contributed by atoms with van der Waals surface area (Å²) in [6.45, 7) is 2.26. The minimum atomic E-state index is -4.64. The molecule has 3 rings (SSSR count).